The first-order chi connectivity index (χ1) is 20.7. The molecule has 43 heavy (non-hydrogen) atoms. The Morgan fingerprint density at radius 1 is 0.628 bits per heavy atom. The number of ether oxygens (including phenoxy) is 2. The van der Waals surface area contributed by atoms with E-state index in [1.165, 1.54) is 109 Å². The zero-order valence-corrected chi connectivity index (χ0v) is 28.5. The molecule has 1 fully saturated rings. The van der Waals surface area contributed by atoms with Crippen LogP contribution < -0.4 is 0 Å². The lowest BCUT2D eigenvalue weighted by Crippen LogP contribution is -2.29. The van der Waals surface area contributed by atoms with Crippen molar-refractivity contribution in [1.82, 2.24) is 0 Å². The molecule has 0 saturated heterocycles. The van der Waals surface area contributed by atoms with Crippen LogP contribution in [0.25, 0.3) is 0 Å². The molecule has 0 aromatic heterocycles. The second kappa shape index (κ2) is 26.3. The van der Waals surface area contributed by atoms with Gasteiger partial charge in [-0.05, 0) is 31.1 Å². The number of rotatable bonds is 31. The standard InChI is InChI=1S/C34H65O8P/c1-3-5-7-8-9-10-11-12-13-14-15-18-21-25-33(35)40-28-32(29-41-43(37,38)39)42-34(36)26-22-19-16-17-20-24-31-27-30(31)23-6-4-2/h30-32H,3-29H2,1-2H3,(H2,37,38,39). The van der Waals surface area contributed by atoms with Gasteiger partial charge in [0.25, 0.3) is 0 Å². The number of carbonyl (C=O) groups is 2. The van der Waals surface area contributed by atoms with Gasteiger partial charge in [-0.25, -0.2) is 4.57 Å². The van der Waals surface area contributed by atoms with E-state index in [0.717, 1.165) is 43.9 Å². The summed E-state index contributed by atoms with van der Waals surface area (Å²) >= 11 is 0. The van der Waals surface area contributed by atoms with Crippen LogP contribution in [0.2, 0.25) is 0 Å². The Morgan fingerprint density at radius 2 is 1.07 bits per heavy atom. The van der Waals surface area contributed by atoms with Crippen molar-refractivity contribution in [1.29, 1.82) is 0 Å². The van der Waals surface area contributed by atoms with Gasteiger partial charge < -0.3 is 19.3 Å². The van der Waals surface area contributed by atoms with Gasteiger partial charge in [-0.2, -0.15) is 0 Å². The molecule has 9 heteroatoms. The number of hydrogen-bond acceptors (Lipinski definition) is 6. The van der Waals surface area contributed by atoms with Crippen molar-refractivity contribution >= 4 is 19.8 Å². The first kappa shape index (κ1) is 40.1. The maximum absolute atomic E-state index is 12.3. The van der Waals surface area contributed by atoms with Gasteiger partial charge in [0.2, 0.25) is 0 Å². The van der Waals surface area contributed by atoms with Crippen molar-refractivity contribution < 1.29 is 37.9 Å². The normalized spacial score (nSPS) is 17.1. The van der Waals surface area contributed by atoms with Gasteiger partial charge in [0, 0.05) is 12.8 Å². The average molecular weight is 633 g/mol. The maximum atomic E-state index is 12.3. The van der Waals surface area contributed by atoms with Gasteiger partial charge in [0.05, 0.1) is 6.61 Å². The van der Waals surface area contributed by atoms with Crippen LogP contribution >= 0.6 is 7.82 Å². The van der Waals surface area contributed by atoms with E-state index in [9.17, 15) is 14.2 Å². The lowest BCUT2D eigenvalue weighted by atomic mass is 10.0. The number of esters is 2. The van der Waals surface area contributed by atoms with Gasteiger partial charge >= 0.3 is 19.8 Å². The van der Waals surface area contributed by atoms with Gasteiger partial charge in [0.1, 0.15) is 6.61 Å². The van der Waals surface area contributed by atoms with Crippen LogP contribution in [0.5, 0.6) is 0 Å². The summed E-state index contributed by atoms with van der Waals surface area (Å²) < 4.78 is 26.3. The predicted octanol–water partition coefficient (Wildman–Crippen LogP) is 9.59. The summed E-state index contributed by atoms with van der Waals surface area (Å²) in [5.41, 5.74) is 0. The molecule has 0 bridgehead atoms. The van der Waals surface area contributed by atoms with E-state index in [4.69, 9.17) is 19.3 Å². The summed E-state index contributed by atoms with van der Waals surface area (Å²) in [4.78, 5) is 42.6. The first-order valence-corrected chi connectivity index (χ1v) is 19.3. The zero-order chi connectivity index (χ0) is 31.6. The van der Waals surface area contributed by atoms with Gasteiger partial charge in [-0.1, -0.05) is 142 Å². The molecule has 0 spiro atoms. The SMILES string of the molecule is CCCCCCCCCCCCCCCC(=O)OCC(COP(=O)(O)O)OC(=O)CCCCCCCC1CC1CCCC. The number of phosphoric ester groups is 1. The molecule has 254 valence electrons. The minimum Gasteiger partial charge on any atom is -0.462 e. The fraction of sp³-hybridized carbons (Fsp3) is 0.941. The molecule has 2 N–H and O–H groups in total. The van der Waals surface area contributed by atoms with Crippen LogP contribution in [0.4, 0.5) is 0 Å². The second-order valence-electron chi connectivity index (χ2n) is 12.8. The topological polar surface area (TPSA) is 119 Å². The molecule has 0 radical (unpaired) electrons. The highest BCUT2D eigenvalue weighted by Gasteiger charge is 2.34. The van der Waals surface area contributed by atoms with Crippen LogP contribution in [-0.2, 0) is 28.2 Å². The molecule has 1 rings (SSSR count). The van der Waals surface area contributed by atoms with Crippen molar-refractivity contribution in [2.24, 2.45) is 11.8 Å². The lowest BCUT2D eigenvalue weighted by Gasteiger charge is -2.18. The predicted molar refractivity (Wildman–Crippen MR) is 173 cm³/mol. The number of unbranched alkanes of at least 4 members (excludes halogenated alkanes) is 17. The quantitative estimate of drug-likeness (QED) is 0.0440. The molecule has 1 aliphatic rings. The van der Waals surface area contributed by atoms with E-state index in [1.807, 2.05) is 0 Å². The molecule has 0 amide bonds. The van der Waals surface area contributed by atoms with Crippen molar-refractivity contribution in [3.05, 3.63) is 0 Å². The van der Waals surface area contributed by atoms with E-state index in [1.54, 1.807) is 0 Å². The highest BCUT2D eigenvalue weighted by Crippen LogP contribution is 2.45. The fourth-order valence-electron chi connectivity index (χ4n) is 5.78. The molecule has 0 aromatic carbocycles. The van der Waals surface area contributed by atoms with Crippen molar-refractivity contribution in [3.8, 4) is 0 Å². The van der Waals surface area contributed by atoms with Crippen molar-refractivity contribution in [2.45, 2.75) is 180 Å². The maximum Gasteiger partial charge on any atom is 0.469 e. The van der Waals surface area contributed by atoms with Crippen molar-refractivity contribution in [2.75, 3.05) is 13.2 Å². The first-order valence-electron chi connectivity index (χ1n) is 17.8. The Hall–Kier alpha value is -0.950. The minimum atomic E-state index is -4.74. The van der Waals surface area contributed by atoms with E-state index in [2.05, 4.69) is 18.4 Å². The molecular formula is C34H65O8P. The van der Waals surface area contributed by atoms with Crippen LogP contribution in [0, 0.1) is 11.8 Å². The summed E-state index contributed by atoms with van der Waals surface area (Å²) in [7, 11) is -4.74. The van der Waals surface area contributed by atoms with Crippen LogP contribution in [-0.4, -0.2) is 41.0 Å². The summed E-state index contributed by atoms with van der Waals surface area (Å²) in [6, 6.07) is 0. The number of phosphoric acid groups is 1. The third-order valence-electron chi connectivity index (χ3n) is 8.59. The molecule has 8 nitrogen and oxygen atoms in total. The largest absolute Gasteiger partial charge is 0.469 e. The highest BCUT2D eigenvalue weighted by atomic mass is 31.2. The van der Waals surface area contributed by atoms with E-state index in [-0.39, 0.29) is 19.4 Å². The van der Waals surface area contributed by atoms with Gasteiger partial charge in [-0.3, -0.25) is 14.1 Å². The molecule has 0 aromatic rings. The third-order valence-corrected chi connectivity index (χ3v) is 9.08. The number of hydrogen-bond donors (Lipinski definition) is 2. The highest BCUT2D eigenvalue weighted by molar-refractivity contribution is 7.46. The van der Waals surface area contributed by atoms with E-state index >= 15 is 0 Å². The zero-order valence-electron chi connectivity index (χ0n) is 27.6. The fourth-order valence-corrected chi connectivity index (χ4v) is 6.14. The molecule has 1 saturated carbocycles. The third kappa shape index (κ3) is 26.0. The van der Waals surface area contributed by atoms with Gasteiger partial charge in [-0.15, -0.1) is 0 Å². The molecule has 0 aliphatic heterocycles. The summed E-state index contributed by atoms with van der Waals surface area (Å²) in [6.45, 7) is 3.69. The van der Waals surface area contributed by atoms with Crippen LogP contribution in [0.3, 0.4) is 0 Å². The van der Waals surface area contributed by atoms with E-state index in [0.29, 0.717) is 6.42 Å². The minimum absolute atomic E-state index is 0.223. The molecule has 3 atom stereocenters. The van der Waals surface area contributed by atoms with Crippen LogP contribution in [0.15, 0.2) is 0 Å². The summed E-state index contributed by atoms with van der Waals surface area (Å²) in [6.07, 6.45) is 27.3. The summed E-state index contributed by atoms with van der Waals surface area (Å²) in [5.74, 6) is 1.04. The molecular weight excluding hydrogens is 567 g/mol. The second-order valence-corrected chi connectivity index (χ2v) is 14.0. The lowest BCUT2D eigenvalue weighted by molar-refractivity contribution is -0.161. The Morgan fingerprint density at radius 3 is 1.58 bits per heavy atom. The molecule has 1 aliphatic carbocycles. The molecule has 3 unspecified atom stereocenters. The Bertz CT molecular complexity index is 740. The molecule has 0 heterocycles. The Labute approximate surface area is 263 Å². The van der Waals surface area contributed by atoms with E-state index < -0.39 is 32.5 Å². The monoisotopic (exact) mass is 632 g/mol. The number of carbonyl (C=O) groups excluding carboxylic acids is 2. The smallest absolute Gasteiger partial charge is 0.462 e. The summed E-state index contributed by atoms with van der Waals surface area (Å²) in [5, 5.41) is 0. The van der Waals surface area contributed by atoms with Gasteiger partial charge in [0.15, 0.2) is 6.10 Å². The van der Waals surface area contributed by atoms with Crippen molar-refractivity contribution in [3.63, 3.8) is 0 Å². The Kier molecular flexibility index (Phi) is 24.5. The average Bonchev–Trinajstić information content (AvgIpc) is 3.72. The van der Waals surface area contributed by atoms with Crippen LogP contribution in [0.1, 0.15) is 174 Å². The Balaban J connectivity index is 2.10.